The Hall–Kier alpha value is -3.48. The van der Waals surface area contributed by atoms with E-state index in [9.17, 15) is 0 Å². The van der Waals surface area contributed by atoms with Gasteiger partial charge < -0.3 is 5.73 Å². The number of rotatable bonds is 3. The lowest BCUT2D eigenvalue weighted by Crippen LogP contribution is -2.04. The Labute approximate surface area is 137 Å². The van der Waals surface area contributed by atoms with Gasteiger partial charge in [-0.15, -0.1) is 15.3 Å². The Bertz CT molecular complexity index is 1050. The molecule has 0 aliphatic carbocycles. The molecular formula is C17H15N7. The molecule has 0 radical (unpaired) electrons. The van der Waals surface area contributed by atoms with E-state index in [1.165, 1.54) is 0 Å². The maximum absolute atomic E-state index is 5.72. The molecule has 4 rings (SSSR count). The van der Waals surface area contributed by atoms with Gasteiger partial charge in [-0.25, -0.2) is 0 Å². The van der Waals surface area contributed by atoms with Crippen molar-refractivity contribution in [2.45, 2.75) is 6.92 Å². The first-order valence-corrected chi connectivity index (χ1v) is 7.47. The Balaban J connectivity index is 1.75. The Kier molecular flexibility index (Phi) is 3.31. The highest BCUT2D eigenvalue weighted by atomic mass is 15.4. The number of benzene rings is 2. The molecule has 2 heterocycles. The number of nitrogens with zero attached hydrogens (tertiary/aromatic N) is 5. The zero-order valence-corrected chi connectivity index (χ0v) is 13.0. The summed E-state index contributed by atoms with van der Waals surface area (Å²) in [6.07, 6.45) is 1.57. The predicted octanol–water partition coefficient (Wildman–Crippen LogP) is 2.70. The van der Waals surface area contributed by atoms with Crippen molar-refractivity contribution in [2.75, 3.05) is 11.2 Å². The molecule has 2 aromatic carbocycles. The molecule has 118 valence electrons. The second kappa shape index (κ2) is 5.62. The summed E-state index contributed by atoms with van der Waals surface area (Å²) in [4.78, 5) is 0. The Morgan fingerprint density at radius 3 is 2.62 bits per heavy atom. The van der Waals surface area contributed by atoms with Crippen LogP contribution in [-0.4, -0.2) is 25.5 Å². The van der Waals surface area contributed by atoms with Crippen molar-refractivity contribution in [3.8, 4) is 0 Å². The number of fused-ring (bicyclic) bond motifs is 3. The smallest absolute Gasteiger partial charge is 0.185 e. The number of hydrazone groups is 1. The van der Waals surface area contributed by atoms with Crippen LogP contribution in [0.25, 0.3) is 16.4 Å². The molecule has 0 aliphatic heterocycles. The number of aromatic nitrogens is 4. The third-order valence-corrected chi connectivity index (χ3v) is 3.82. The lowest BCUT2D eigenvalue weighted by molar-refractivity contribution is 0.934. The second-order valence-corrected chi connectivity index (χ2v) is 5.42. The molecule has 4 aromatic rings. The average Bonchev–Trinajstić information content (AvgIpc) is 3.08. The van der Waals surface area contributed by atoms with Crippen molar-refractivity contribution < 1.29 is 0 Å². The molecule has 0 amide bonds. The summed E-state index contributed by atoms with van der Waals surface area (Å²) in [7, 11) is 0. The summed E-state index contributed by atoms with van der Waals surface area (Å²) in [5, 5.41) is 18.9. The van der Waals surface area contributed by atoms with E-state index in [2.05, 4.69) is 25.8 Å². The molecule has 2 aromatic heterocycles. The fraction of sp³-hybridized carbons (Fsp3) is 0.0588. The van der Waals surface area contributed by atoms with E-state index in [0.29, 0.717) is 5.82 Å². The number of nitrogens with two attached hydrogens (primary N) is 1. The molecule has 0 fully saturated rings. The molecular weight excluding hydrogens is 302 g/mol. The van der Waals surface area contributed by atoms with Gasteiger partial charge >= 0.3 is 0 Å². The monoisotopic (exact) mass is 317 g/mol. The number of nitrogens with one attached hydrogen (secondary N) is 1. The van der Waals surface area contributed by atoms with Crippen LogP contribution in [0, 0.1) is 0 Å². The maximum Gasteiger partial charge on any atom is 0.185 e. The number of hydrogen-bond acceptors (Lipinski definition) is 6. The number of anilines is 2. The molecule has 7 heteroatoms. The van der Waals surface area contributed by atoms with E-state index < -0.39 is 0 Å². The molecule has 24 heavy (non-hydrogen) atoms. The zero-order valence-electron chi connectivity index (χ0n) is 13.0. The zero-order chi connectivity index (χ0) is 16.5. The van der Waals surface area contributed by atoms with Crippen LogP contribution < -0.4 is 11.2 Å². The summed E-state index contributed by atoms with van der Waals surface area (Å²) in [5.41, 5.74) is 12.0. The summed E-state index contributed by atoms with van der Waals surface area (Å²) in [6.45, 7) is 1.93. The molecule has 0 saturated heterocycles. The van der Waals surface area contributed by atoms with Crippen LogP contribution in [0.4, 0.5) is 11.5 Å². The van der Waals surface area contributed by atoms with E-state index in [0.717, 1.165) is 33.4 Å². The van der Waals surface area contributed by atoms with Gasteiger partial charge in [0.15, 0.2) is 11.5 Å². The van der Waals surface area contributed by atoms with Crippen LogP contribution in [0.5, 0.6) is 0 Å². The van der Waals surface area contributed by atoms with E-state index in [4.69, 9.17) is 5.73 Å². The molecule has 0 bridgehead atoms. The Morgan fingerprint density at radius 1 is 1.08 bits per heavy atom. The van der Waals surface area contributed by atoms with Crippen LogP contribution >= 0.6 is 0 Å². The van der Waals surface area contributed by atoms with Gasteiger partial charge in [-0.1, -0.05) is 36.4 Å². The molecule has 0 unspecified atom stereocenters. The molecule has 0 spiro atoms. The van der Waals surface area contributed by atoms with E-state index in [1.807, 2.05) is 55.5 Å². The minimum Gasteiger partial charge on any atom is -0.399 e. The highest BCUT2D eigenvalue weighted by molar-refractivity contribution is 6.01. The van der Waals surface area contributed by atoms with Gasteiger partial charge in [-0.05, 0) is 24.6 Å². The van der Waals surface area contributed by atoms with Gasteiger partial charge in [-0.3, -0.25) is 5.43 Å². The standard InChI is InChI=1S/C17H15N7/c1-11(12-6-8-13(18)9-7-12)20-21-16-14-4-2-3-5-15(14)17-22-19-10-24(17)23-16/h2-10H,18H2,1H3,(H,21,23). The van der Waals surface area contributed by atoms with Crippen molar-refractivity contribution >= 4 is 33.6 Å². The first-order chi connectivity index (χ1) is 11.7. The quantitative estimate of drug-likeness (QED) is 0.344. The topological polar surface area (TPSA) is 93.5 Å². The average molecular weight is 317 g/mol. The van der Waals surface area contributed by atoms with Crippen molar-refractivity contribution in [2.24, 2.45) is 5.10 Å². The van der Waals surface area contributed by atoms with Crippen LogP contribution in [-0.2, 0) is 0 Å². The lowest BCUT2D eigenvalue weighted by Gasteiger charge is -2.07. The first kappa shape index (κ1) is 14.1. The van der Waals surface area contributed by atoms with Crippen molar-refractivity contribution in [3.05, 3.63) is 60.4 Å². The number of nitrogen functional groups attached to an aromatic ring is 1. The number of hydrogen-bond donors (Lipinski definition) is 2. The van der Waals surface area contributed by atoms with Crippen LogP contribution in [0.2, 0.25) is 0 Å². The van der Waals surface area contributed by atoms with Crippen molar-refractivity contribution in [3.63, 3.8) is 0 Å². The molecule has 0 aliphatic rings. The van der Waals surface area contributed by atoms with Gasteiger partial charge in [0.25, 0.3) is 0 Å². The maximum atomic E-state index is 5.72. The molecule has 0 saturated carbocycles. The third-order valence-electron chi connectivity index (χ3n) is 3.82. The van der Waals surface area contributed by atoms with Crippen molar-refractivity contribution in [1.29, 1.82) is 0 Å². The SMILES string of the molecule is CC(=NNc1nn2cnnc2c2ccccc12)c1ccc(N)cc1. The summed E-state index contributed by atoms with van der Waals surface area (Å²) < 4.78 is 1.64. The highest BCUT2D eigenvalue weighted by Crippen LogP contribution is 2.23. The highest BCUT2D eigenvalue weighted by Gasteiger charge is 2.09. The molecule has 7 nitrogen and oxygen atoms in total. The van der Waals surface area contributed by atoms with Crippen LogP contribution in [0.1, 0.15) is 12.5 Å². The van der Waals surface area contributed by atoms with Gasteiger partial charge in [-0.2, -0.15) is 9.62 Å². The van der Waals surface area contributed by atoms with Gasteiger partial charge in [0, 0.05) is 16.5 Å². The largest absolute Gasteiger partial charge is 0.399 e. The van der Waals surface area contributed by atoms with E-state index in [-0.39, 0.29) is 0 Å². The fourth-order valence-electron chi connectivity index (χ4n) is 2.53. The fourth-order valence-corrected chi connectivity index (χ4v) is 2.53. The molecule has 3 N–H and O–H groups in total. The van der Waals surface area contributed by atoms with Crippen molar-refractivity contribution in [1.82, 2.24) is 19.8 Å². The minimum atomic E-state index is 0.646. The first-order valence-electron chi connectivity index (χ1n) is 7.47. The van der Waals surface area contributed by atoms with Gasteiger partial charge in [0.1, 0.15) is 6.33 Å². The summed E-state index contributed by atoms with van der Waals surface area (Å²) in [6, 6.07) is 15.5. The summed E-state index contributed by atoms with van der Waals surface area (Å²) in [5.74, 6) is 0.646. The minimum absolute atomic E-state index is 0.646. The second-order valence-electron chi connectivity index (χ2n) is 5.42. The summed E-state index contributed by atoms with van der Waals surface area (Å²) >= 11 is 0. The van der Waals surface area contributed by atoms with E-state index >= 15 is 0 Å². The predicted molar refractivity (Wildman–Crippen MR) is 95.0 cm³/mol. The van der Waals surface area contributed by atoms with Crippen LogP contribution in [0.3, 0.4) is 0 Å². The normalized spacial score (nSPS) is 12.0. The van der Waals surface area contributed by atoms with E-state index in [1.54, 1.807) is 10.8 Å². The Morgan fingerprint density at radius 2 is 1.83 bits per heavy atom. The van der Waals surface area contributed by atoms with Crippen LogP contribution in [0.15, 0.2) is 60.0 Å². The van der Waals surface area contributed by atoms with Gasteiger partial charge in [0.2, 0.25) is 0 Å². The third kappa shape index (κ3) is 2.41. The molecule has 0 atom stereocenters. The lowest BCUT2D eigenvalue weighted by atomic mass is 10.1. The van der Waals surface area contributed by atoms with Gasteiger partial charge in [0.05, 0.1) is 5.71 Å².